The highest BCUT2D eigenvalue weighted by molar-refractivity contribution is 5.94. The summed E-state index contributed by atoms with van der Waals surface area (Å²) in [5.74, 6) is -0.142. The van der Waals surface area contributed by atoms with Gasteiger partial charge < -0.3 is 10.6 Å². The maximum Gasteiger partial charge on any atom is 0.272 e. The Morgan fingerprint density at radius 3 is 3.33 bits per heavy atom. The number of nitrogens with one attached hydrogen (secondary N) is 3. The molecule has 80 valence electrons. The smallest absolute Gasteiger partial charge is 0.272 e. The summed E-state index contributed by atoms with van der Waals surface area (Å²) >= 11 is 0. The lowest BCUT2D eigenvalue weighted by molar-refractivity contribution is 0.0952. The Morgan fingerprint density at radius 1 is 1.67 bits per heavy atom. The lowest BCUT2D eigenvalue weighted by Crippen LogP contribution is -2.28. The van der Waals surface area contributed by atoms with Crippen molar-refractivity contribution in [2.75, 3.05) is 13.1 Å². The summed E-state index contributed by atoms with van der Waals surface area (Å²) in [5.41, 5.74) is 2.55. The van der Waals surface area contributed by atoms with Crippen LogP contribution in [0, 0.1) is 0 Å². The van der Waals surface area contributed by atoms with E-state index in [0.29, 0.717) is 18.8 Å². The third-order valence-electron chi connectivity index (χ3n) is 2.43. The third-order valence-corrected chi connectivity index (χ3v) is 2.43. The van der Waals surface area contributed by atoms with Gasteiger partial charge in [-0.25, -0.2) is 0 Å². The first-order chi connectivity index (χ1) is 7.33. The Kier molecular flexibility index (Phi) is 2.82. The molecule has 1 amide bonds. The monoisotopic (exact) mass is 206 g/mol. The van der Waals surface area contributed by atoms with Crippen molar-refractivity contribution < 1.29 is 4.79 Å². The lowest BCUT2D eigenvalue weighted by atomic mass is 10.1. The number of hydrogen-bond donors (Lipinski definition) is 3. The highest BCUT2D eigenvalue weighted by atomic mass is 16.1. The van der Waals surface area contributed by atoms with E-state index in [4.69, 9.17) is 0 Å². The summed E-state index contributed by atoms with van der Waals surface area (Å²) < 4.78 is 0. The highest BCUT2D eigenvalue weighted by Gasteiger charge is 2.20. The molecule has 1 aromatic heterocycles. The first-order valence-electron chi connectivity index (χ1n) is 4.99. The van der Waals surface area contributed by atoms with E-state index in [1.807, 2.05) is 0 Å². The fourth-order valence-electron chi connectivity index (χ4n) is 1.66. The van der Waals surface area contributed by atoms with Crippen molar-refractivity contribution in [1.29, 1.82) is 0 Å². The maximum absolute atomic E-state index is 11.7. The number of rotatable bonds is 3. The minimum atomic E-state index is -0.142. The average molecular weight is 206 g/mol. The molecule has 0 fully saturated rings. The Labute approximate surface area is 87.9 Å². The lowest BCUT2D eigenvalue weighted by Gasteiger charge is -2.12. The van der Waals surface area contributed by atoms with Gasteiger partial charge in [0.15, 0.2) is 5.69 Å². The van der Waals surface area contributed by atoms with E-state index >= 15 is 0 Å². The molecule has 0 aliphatic carbocycles. The zero-order valence-electron chi connectivity index (χ0n) is 8.47. The summed E-state index contributed by atoms with van der Waals surface area (Å²) in [6, 6.07) is 0. The zero-order chi connectivity index (χ0) is 10.7. The predicted molar refractivity (Wildman–Crippen MR) is 56.5 cm³/mol. The molecule has 1 aromatic rings. The number of carbonyl (C=O) groups excluding carboxylic acids is 1. The van der Waals surface area contributed by atoms with Crippen molar-refractivity contribution in [1.82, 2.24) is 20.8 Å². The third kappa shape index (κ3) is 1.92. The van der Waals surface area contributed by atoms with E-state index in [1.54, 1.807) is 6.08 Å². The molecule has 5 nitrogen and oxygen atoms in total. The van der Waals surface area contributed by atoms with Crippen LogP contribution in [0.4, 0.5) is 0 Å². The van der Waals surface area contributed by atoms with Gasteiger partial charge in [0.2, 0.25) is 0 Å². The van der Waals surface area contributed by atoms with E-state index < -0.39 is 0 Å². The largest absolute Gasteiger partial charge is 0.347 e. The fraction of sp³-hybridized carbons (Fsp3) is 0.400. The van der Waals surface area contributed by atoms with Gasteiger partial charge >= 0.3 is 0 Å². The number of nitrogens with zero attached hydrogens (tertiary/aromatic N) is 1. The summed E-state index contributed by atoms with van der Waals surface area (Å²) in [6.45, 7) is 5.66. The Balaban J connectivity index is 2.17. The van der Waals surface area contributed by atoms with Crippen LogP contribution in [-0.4, -0.2) is 29.2 Å². The quantitative estimate of drug-likeness (QED) is 0.608. The Morgan fingerprint density at radius 2 is 2.53 bits per heavy atom. The van der Waals surface area contributed by atoms with Crippen LogP contribution in [0.15, 0.2) is 12.7 Å². The van der Waals surface area contributed by atoms with Crippen LogP contribution in [0.5, 0.6) is 0 Å². The summed E-state index contributed by atoms with van der Waals surface area (Å²) in [7, 11) is 0. The van der Waals surface area contributed by atoms with Gasteiger partial charge in [-0.15, -0.1) is 6.58 Å². The van der Waals surface area contributed by atoms with Crippen LogP contribution in [0.3, 0.4) is 0 Å². The predicted octanol–water partition coefficient (Wildman–Crippen LogP) is -0.0288. The molecule has 1 aliphatic heterocycles. The molecule has 5 heteroatoms. The first-order valence-corrected chi connectivity index (χ1v) is 4.99. The van der Waals surface area contributed by atoms with Gasteiger partial charge in [0.05, 0.1) is 0 Å². The first kappa shape index (κ1) is 9.92. The van der Waals surface area contributed by atoms with Crippen LogP contribution in [0.2, 0.25) is 0 Å². The number of hydrogen-bond acceptors (Lipinski definition) is 3. The van der Waals surface area contributed by atoms with Crippen LogP contribution < -0.4 is 10.6 Å². The fourth-order valence-corrected chi connectivity index (χ4v) is 1.66. The number of aromatic amines is 1. The summed E-state index contributed by atoms with van der Waals surface area (Å²) in [4.78, 5) is 11.7. The molecule has 0 saturated carbocycles. The molecule has 0 radical (unpaired) electrons. The maximum atomic E-state index is 11.7. The number of amides is 1. The second-order valence-electron chi connectivity index (χ2n) is 3.45. The zero-order valence-corrected chi connectivity index (χ0v) is 8.47. The Bertz CT molecular complexity index is 383. The topological polar surface area (TPSA) is 69.8 Å². The van der Waals surface area contributed by atoms with E-state index in [1.165, 1.54) is 0 Å². The van der Waals surface area contributed by atoms with Gasteiger partial charge in [0.25, 0.3) is 5.91 Å². The molecule has 0 aromatic carbocycles. The molecular formula is C10H14N4O. The number of fused-ring (bicyclic) bond motifs is 1. The Hall–Kier alpha value is -1.62. The van der Waals surface area contributed by atoms with Crippen LogP contribution in [0.1, 0.15) is 21.7 Å². The van der Waals surface area contributed by atoms with Gasteiger partial charge in [-0.05, 0) is 0 Å². The normalized spacial score (nSPS) is 14.4. The molecule has 0 spiro atoms. The number of H-pyrrole nitrogens is 1. The van der Waals surface area contributed by atoms with Gasteiger partial charge in [-0.2, -0.15) is 5.10 Å². The van der Waals surface area contributed by atoms with E-state index in [-0.39, 0.29) is 5.91 Å². The van der Waals surface area contributed by atoms with Crippen molar-refractivity contribution in [2.24, 2.45) is 0 Å². The minimum Gasteiger partial charge on any atom is -0.347 e. The van der Waals surface area contributed by atoms with E-state index in [0.717, 1.165) is 24.2 Å². The summed E-state index contributed by atoms with van der Waals surface area (Å²) in [5, 5.41) is 12.9. The number of carbonyl (C=O) groups is 1. The molecule has 2 rings (SSSR count). The van der Waals surface area contributed by atoms with Crippen molar-refractivity contribution in [3.63, 3.8) is 0 Å². The molecular weight excluding hydrogens is 192 g/mol. The van der Waals surface area contributed by atoms with Crippen molar-refractivity contribution >= 4 is 5.91 Å². The van der Waals surface area contributed by atoms with Crippen molar-refractivity contribution in [3.8, 4) is 0 Å². The second-order valence-corrected chi connectivity index (χ2v) is 3.45. The van der Waals surface area contributed by atoms with Crippen molar-refractivity contribution in [3.05, 3.63) is 29.6 Å². The molecule has 0 bridgehead atoms. The second kappa shape index (κ2) is 4.27. The van der Waals surface area contributed by atoms with Crippen LogP contribution >= 0.6 is 0 Å². The van der Waals surface area contributed by atoms with Gasteiger partial charge in [-0.1, -0.05) is 6.08 Å². The van der Waals surface area contributed by atoms with Gasteiger partial charge in [0.1, 0.15) is 0 Å². The molecule has 1 aliphatic rings. The molecule has 2 heterocycles. The van der Waals surface area contributed by atoms with Crippen LogP contribution in [-0.2, 0) is 13.0 Å². The molecule has 3 N–H and O–H groups in total. The average Bonchev–Trinajstić information content (AvgIpc) is 2.69. The van der Waals surface area contributed by atoms with Gasteiger partial charge in [-0.3, -0.25) is 9.89 Å². The molecule has 0 atom stereocenters. The van der Waals surface area contributed by atoms with Crippen molar-refractivity contribution in [2.45, 2.75) is 13.0 Å². The van der Waals surface area contributed by atoms with E-state index in [9.17, 15) is 4.79 Å². The summed E-state index contributed by atoms with van der Waals surface area (Å²) in [6.07, 6.45) is 2.55. The molecule has 0 saturated heterocycles. The molecule has 0 unspecified atom stereocenters. The SMILES string of the molecule is C=CCNC(=O)c1n[nH]c2c1CNCC2. The molecule has 15 heavy (non-hydrogen) atoms. The van der Waals surface area contributed by atoms with Crippen LogP contribution in [0.25, 0.3) is 0 Å². The standard InChI is InChI=1S/C10H14N4O/c1-2-4-12-10(15)9-7-6-11-5-3-8(7)13-14-9/h2,11H,1,3-6H2,(H,12,15)(H,13,14). The number of aromatic nitrogens is 2. The van der Waals surface area contributed by atoms with Gasteiger partial charge in [0, 0.05) is 37.3 Å². The highest BCUT2D eigenvalue weighted by Crippen LogP contribution is 2.14. The van der Waals surface area contributed by atoms with E-state index in [2.05, 4.69) is 27.4 Å². The minimum absolute atomic E-state index is 0.142.